The van der Waals surface area contributed by atoms with E-state index in [1.165, 1.54) is 12.8 Å². The quantitative estimate of drug-likeness (QED) is 0.825. The van der Waals surface area contributed by atoms with Crippen LogP contribution < -0.4 is 5.73 Å². The van der Waals surface area contributed by atoms with Gasteiger partial charge in [-0.1, -0.05) is 0 Å². The molecule has 2 saturated heterocycles. The summed E-state index contributed by atoms with van der Waals surface area (Å²) in [6.07, 6.45) is 3.63. The summed E-state index contributed by atoms with van der Waals surface area (Å²) in [5.74, 6) is 0.112. The van der Waals surface area contributed by atoms with E-state index in [0.717, 1.165) is 19.5 Å². The van der Waals surface area contributed by atoms with E-state index in [4.69, 9.17) is 5.73 Å². The summed E-state index contributed by atoms with van der Waals surface area (Å²) in [4.78, 5) is 16.6. The zero-order chi connectivity index (χ0) is 12.6. The van der Waals surface area contributed by atoms with E-state index in [0.29, 0.717) is 18.1 Å². The molecule has 106 valence electrons. The summed E-state index contributed by atoms with van der Waals surface area (Å²) in [6.45, 7) is 8.05. The number of nitrogens with two attached hydrogens (primary N) is 1. The molecule has 2 heterocycles. The van der Waals surface area contributed by atoms with Crippen LogP contribution in [0, 0.1) is 0 Å². The van der Waals surface area contributed by atoms with Gasteiger partial charge in [0.25, 0.3) is 0 Å². The highest BCUT2D eigenvalue weighted by atomic mass is 35.5. The van der Waals surface area contributed by atoms with E-state index in [1.807, 2.05) is 4.90 Å². The average molecular weight is 276 g/mol. The molecule has 0 aromatic rings. The zero-order valence-electron chi connectivity index (χ0n) is 11.6. The standard InChI is InChI=1S/C13H25N3O.ClH/c1-9(2)16-11-4-5-12(16)8-15(7-6-11)13(17)10(3)14;/h9-12H,4-8,14H2,1-3H3;1H. The Morgan fingerprint density at radius 3 is 2.33 bits per heavy atom. The van der Waals surface area contributed by atoms with Gasteiger partial charge >= 0.3 is 0 Å². The van der Waals surface area contributed by atoms with Crippen LogP contribution in [0.25, 0.3) is 0 Å². The lowest BCUT2D eigenvalue weighted by Crippen LogP contribution is -2.47. The van der Waals surface area contributed by atoms with Crippen LogP contribution in [0.15, 0.2) is 0 Å². The second-order valence-electron chi connectivity index (χ2n) is 5.79. The van der Waals surface area contributed by atoms with Crippen LogP contribution in [0.1, 0.15) is 40.0 Å². The number of rotatable bonds is 2. The third kappa shape index (κ3) is 2.98. The van der Waals surface area contributed by atoms with Crippen LogP contribution in [0.2, 0.25) is 0 Å². The maximum Gasteiger partial charge on any atom is 0.239 e. The Morgan fingerprint density at radius 2 is 1.78 bits per heavy atom. The van der Waals surface area contributed by atoms with E-state index in [2.05, 4.69) is 18.7 Å². The number of hydrogen-bond acceptors (Lipinski definition) is 3. The van der Waals surface area contributed by atoms with E-state index in [-0.39, 0.29) is 24.4 Å². The smallest absolute Gasteiger partial charge is 0.239 e. The van der Waals surface area contributed by atoms with E-state index < -0.39 is 0 Å². The molecular formula is C13H26ClN3O. The molecule has 2 rings (SSSR count). The van der Waals surface area contributed by atoms with Crippen LogP contribution in [0.3, 0.4) is 0 Å². The van der Waals surface area contributed by atoms with Gasteiger partial charge in [0, 0.05) is 31.2 Å². The molecule has 0 aliphatic carbocycles. The molecule has 2 fully saturated rings. The molecule has 0 spiro atoms. The fourth-order valence-electron chi connectivity index (χ4n) is 3.44. The Hall–Kier alpha value is -0.320. The second-order valence-corrected chi connectivity index (χ2v) is 5.79. The molecule has 0 aromatic carbocycles. The molecule has 5 heteroatoms. The van der Waals surface area contributed by atoms with Gasteiger partial charge in [0.15, 0.2) is 0 Å². The van der Waals surface area contributed by atoms with Crippen LogP contribution in [-0.2, 0) is 4.79 Å². The minimum Gasteiger partial charge on any atom is -0.340 e. The second kappa shape index (κ2) is 6.22. The van der Waals surface area contributed by atoms with Crippen molar-refractivity contribution in [2.45, 2.75) is 64.2 Å². The first kappa shape index (κ1) is 15.7. The minimum atomic E-state index is -0.362. The van der Waals surface area contributed by atoms with Gasteiger partial charge < -0.3 is 10.6 Å². The first-order chi connectivity index (χ1) is 8.00. The first-order valence-corrected chi connectivity index (χ1v) is 6.82. The molecule has 2 bridgehead atoms. The van der Waals surface area contributed by atoms with Crippen molar-refractivity contribution in [3.63, 3.8) is 0 Å². The number of halogens is 1. The van der Waals surface area contributed by atoms with Crippen LogP contribution in [-0.4, -0.2) is 53.0 Å². The Labute approximate surface area is 116 Å². The minimum absolute atomic E-state index is 0. The van der Waals surface area contributed by atoms with E-state index in [9.17, 15) is 4.79 Å². The highest BCUT2D eigenvalue weighted by Gasteiger charge is 2.39. The fraction of sp³-hybridized carbons (Fsp3) is 0.923. The molecule has 0 radical (unpaired) electrons. The van der Waals surface area contributed by atoms with Crippen molar-refractivity contribution < 1.29 is 4.79 Å². The van der Waals surface area contributed by atoms with Crippen molar-refractivity contribution in [2.75, 3.05) is 13.1 Å². The number of likely N-dealkylation sites (tertiary alicyclic amines) is 1. The normalized spacial score (nSPS) is 29.9. The first-order valence-electron chi connectivity index (χ1n) is 6.82. The van der Waals surface area contributed by atoms with Gasteiger partial charge in [-0.05, 0) is 40.0 Å². The van der Waals surface area contributed by atoms with Gasteiger partial charge in [0.1, 0.15) is 0 Å². The summed E-state index contributed by atoms with van der Waals surface area (Å²) in [5, 5.41) is 0. The lowest BCUT2D eigenvalue weighted by atomic mass is 10.1. The number of carbonyl (C=O) groups excluding carboxylic acids is 1. The summed E-state index contributed by atoms with van der Waals surface area (Å²) in [6, 6.07) is 1.44. The highest BCUT2D eigenvalue weighted by molar-refractivity contribution is 5.85. The van der Waals surface area contributed by atoms with Gasteiger partial charge in [0.2, 0.25) is 5.91 Å². The number of hydrogen-bond donors (Lipinski definition) is 1. The predicted molar refractivity (Wildman–Crippen MR) is 75.9 cm³/mol. The number of amides is 1. The number of fused-ring (bicyclic) bond motifs is 2. The maximum absolute atomic E-state index is 12.0. The molecule has 3 atom stereocenters. The van der Waals surface area contributed by atoms with Gasteiger partial charge in [-0.2, -0.15) is 0 Å². The summed E-state index contributed by atoms with van der Waals surface area (Å²) < 4.78 is 0. The lowest BCUT2D eigenvalue weighted by Gasteiger charge is -2.32. The maximum atomic E-state index is 12.0. The molecule has 0 aromatic heterocycles. The average Bonchev–Trinajstić information content (AvgIpc) is 2.52. The zero-order valence-corrected chi connectivity index (χ0v) is 12.4. The molecule has 2 N–H and O–H groups in total. The van der Waals surface area contributed by atoms with Crippen molar-refractivity contribution in [1.82, 2.24) is 9.80 Å². The molecule has 4 nitrogen and oxygen atoms in total. The summed E-state index contributed by atoms with van der Waals surface area (Å²) in [7, 11) is 0. The van der Waals surface area contributed by atoms with Crippen molar-refractivity contribution in [2.24, 2.45) is 5.73 Å². The summed E-state index contributed by atoms with van der Waals surface area (Å²) in [5.41, 5.74) is 5.71. The molecule has 18 heavy (non-hydrogen) atoms. The van der Waals surface area contributed by atoms with Crippen molar-refractivity contribution in [3.05, 3.63) is 0 Å². The van der Waals surface area contributed by atoms with Gasteiger partial charge in [0.05, 0.1) is 6.04 Å². The largest absolute Gasteiger partial charge is 0.340 e. The van der Waals surface area contributed by atoms with Crippen molar-refractivity contribution in [3.8, 4) is 0 Å². The van der Waals surface area contributed by atoms with Gasteiger partial charge in [-0.15, -0.1) is 12.4 Å². The SMILES string of the molecule is CC(N)C(=O)N1CCC2CCC(C1)N2C(C)C.Cl. The Kier molecular flexibility index (Phi) is 5.44. The third-order valence-electron chi connectivity index (χ3n) is 4.14. The molecule has 0 saturated carbocycles. The number of carbonyl (C=O) groups is 1. The highest BCUT2D eigenvalue weighted by Crippen LogP contribution is 2.32. The van der Waals surface area contributed by atoms with E-state index >= 15 is 0 Å². The van der Waals surface area contributed by atoms with Crippen LogP contribution in [0.5, 0.6) is 0 Å². The summed E-state index contributed by atoms with van der Waals surface area (Å²) >= 11 is 0. The number of nitrogens with zero attached hydrogens (tertiary/aromatic N) is 2. The molecule has 2 aliphatic heterocycles. The van der Waals surface area contributed by atoms with Gasteiger partial charge in [-0.25, -0.2) is 0 Å². The van der Waals surface area contributed by atoms with Crippen LogP contribution in [0.4, 0.5) is 0 Å². The third-order valence-corrected chi connectivity index (χ3v) is 4.14. The Balaban J connectivity index is 0.00000162. The van der Waals surface area contributed by atoms with Crippen molar-refractivity contribution >= 4 is 18.3 Å². The van der Waals surface area contributed by atoms with Gasteiger partial charge in [-0.3, -0.25) is 9.69 Å². The lowest BCUT2D eigenvalue weighted by molar-refractivity contribution is -0.132. The van der Waals surface area contributed by atoms with E-state index in [1.54, 1.807) is 6.92 Å². The predicted octanol–water partition coefficient (Wildman–Crippen LogP) is 1.23. The monoisotopic (exact) mass is 275 g/mol. The molecule has 1 amide bonds. The topological polar surface area (TPSA) is 49.6 Å². The Bertz CT molecular complexity index is 296. The van der Waals surface area contributed by atoms with Crippen LogP contribution >= 0.6 is 12.4 Å². The fourth-order valence-corrected chi connectivity index (χ4v) is 3.44. The molecular weight excluding hydrogens is 250 g/mol. The molecule has 2 aliphatic rings. The Morgan fingerprint density at radius 1 is 1.17 bits per heavy atom. The molecule has 3 unspecified atom stereocenters. The van der Waals surface area contributed by atoms with Crippen molar-refractivity contribution in [1.29, 1.82) is 0 Å².